The average Bonchev–Trinajstić information content (AvgIpc) is 3.00. The van der Waals surface area contributed by atoms with Crippen molar-refractivity contribution in [2.24, 2.45) is 0 Å². The molecule has 3 aromatic rings. The number of hydrogen-bond donors (Lipinski definition) is 1. The number of fused-ring (bicyclic) bond motifs is 1. The molecule has 0 radical (unpaired) electrons. The van der Waals surface area contributed by atoms with Crippen LogP contribution in [0.15, 0.2) is 45.8 Å². The number of rotatable bonds is 5. The molecule has 3 nitrogen and oxygen atoms in total. The van der Waals surface area contributed by atoms with Crippen LogP contribution in [0.25, 0.3) is 4.96 Å². The molecule has 0 unspecified atom stereocenters. The van der Waals surface area contributed by atoms with Crippen molar-refractivity contribution in [3.8, 4) is 0 Å². The summed E-state index contributed by atoms with van der Waals surface area (Å²) < 4.78 is 2.15. The first-order valence-electron chi connectivity index (χ1n) is 6.75. The summed E-state index contributed by atoms with van der Waals surface area (Å²) in [4.78, 5) is 6.79. The van der Waals surface area contributed by atoms with Crippen LogP contribution in [-0.4, -0.2) is 15.4 Å². The molecular weight excluding hydrogens is 322 g/mol. The number of benzene rings is 1. The van der Waals surface area contributed by atoms with Crippen LogP contribution < -0.4 is 5.32 Å². The summed E-state index contributed by atoms with van der Waals surface area (Å²) in [6.07, 6.45) is 2.07. The first-order valence-corrected chi connectivity index (χ1v) is 8.82. The Morgan fingerprint density at radius 2 is 2.19 bits per heavy atom. The van der Waals surface area contributed by atoms with Crippen LogP contribution in [0.2, 0.25) is 5.02 Å². The van der Waals surface area contributed by atoms with Gasteiger partial charge in [-0.2, -0.15) is 0 Å². The van der Waals surface area contributed by atoms with Crippen molar-refractivity contribution in [1.29, 1.82) is 0 Å². The van der Waals surface area contributed by atoms with Crippen molar-refractivity contribution < 1.29 is 0 Å². The van der Waals surface area contributed by atoms with Gasteiger partial charge in [-0.1, -0.05) is 49.3 Å². The zero-order chi connectivity index (χ0) is 14.8. The van der Waals surface area contributed by atoms with Crippen molar-refractivity contribution >= 4 is 39.7 Å². The molecule has 110 valence electrons. The van der Waals surface area contributed by atoms with Crippen LogP contribution in [0.5, 0.6) is 0 Å². The molecule has 0 amide bonds. The van der Waals surface area contributed by atoms with Gasteiger partial charge in [-0.15, -0.1) is 11.3 Å². The van der Waals surface area contributed by atoms with E-state index in [4.69, 9.17) is 16.6 Å². The third-order valence-electron chi connectivity index (χ3n) is 3.05. The quantitative estimate of drug-likeness (QED) is 0.731. The monoisotopic (exact) mass is 337 g/mol. The van der Waals surface area contributed by atoms with E-state index in [1.165, 1.54) is 5.69 Å². The fraction of sp³-hybridized carbons (Fsp3) is 0.267. The zero-order valence-electron chi connectivity index (χ0n) is 11.8. The van der Waals surface area contributed by atoms with E-state index in [-0.39, 0.29) is 0 Å². The molecule has 1 N–H and O–H groups in total. The van der Waals surface area contributed by atoms with E-state index in [1.54, 1.807) is 23.1 Å². The Morgan fingerprint density at radius 1 is 1.38 bits per heavy atom. The summed E-state index contributed by atoms with van der Waals surface area (Å²) in [5, 5.41) is 7.31. The van der Waals surface area contributed by atoms with E-state index in [2.05, 4.69) is 35.1 Å². The van der Waals surface area contributed by atoms with E-state index >= 15 is 0 Å². The number of nitrogens with zero attached hydrogens (tertiary/aromatic N) is 2. The molecule has 0 aliphatic carbocycles. The number of thiazole rings is 1. The van der Waals surface area contributed by atoms with Gasteiger partial charge in [0.2, 0.25) is 0 Å². The molecule has 0 fully saturated rings. The molecule has 0 spiro atoms. The Morgan fingerprint density at radius 3 is 2.95 bits per heavy atom. The minimum Gasteiger partial charge on any atom is -0.309 e. The smallest absolute Gasteiger partial charge is 0.194 e. The van der Waals surface area contributed by atoms with Gasteiger partial charge in [-0.05, 0) is 12.1 Å². The van der Waals surface area contributed by atoms with Crippen molar-refractivity contribution in [3.05, 3.63) is 46.6 Å². The van der Waals surface area contributed by atoms with E-state index < -0.39 is 0 Å². The molecule has 0 aliphatic heterocycles. The lowest BCUT2D eigenvalue weighted by Gasteiger charge is -2.09. The van der Waals surface area contributed by atoms with Crippen LogP contribution >= 0.6 is 34.7 Å². The number of nitrogens with one attached hydrogen (secondary N) is 1. The lowest BCUT2D eigenvalue weighted by atomic mass is 10.3. The maximum atomic E-state index is 6.26. The van der Waals surface area contributed by atoms with Crippen molar-refractivity contribution in [2.45, 2.75) is 36.4 Å². The molecule has 21 heavy (non-hydrogen) atoms. The minimum atomic E-state index is 0.437. The second kappa shape index (κ2) is 6.40. The summed E-state index contributed by atoms with van der Waals surface area (Å²) >= 11 is 9.53. The first-order chi connectivity index (χ1) is 10.1. The van der Waals surface area contributed by atoms with Gasteiger partial charge in [-0.25, -0.2) is 4.98 Å². The van der Waals surface area contributed by atoms with E-state index in [0.29, 0.717) is 6.04 Å². The van der Waals surface area contributed by atoms with Gasteiger partial charge in [-0.3, -0.25) is 4.40 Å². The number of imidazole rings is 1. The normalized spacial score (nSPS) is 11.6. The van der Waals surface area contributed by atoms with Crippen molar-refractivity contribution in [2.75, 3.05) is 0 Å². The van der Waals surface area contributed by atoms with E-state index in [0.717, 1.165) is 26.4 Å². The van der Waals surface area contributed by atoms with Crippen molar-refractivity contribution in [1.82, 2.24) is 14.7 Å². The summed E-state index contributed by atoms with van der Waals surface area (Å²) in [7, 11) is 0. The third kappa shape index (κ3) is 3.26. The van der Waals surface area contributed by atoms with E-state index in [1.807, 2.05) is 24.3 Å². The molecular formula is C15H16ClN3S2. The molecule has 2 heterocycles. The molecule has 0 atom stereocenters. The maximum absolute atomic E-state index is 6.26. The van der Waals surface area contributed by atoms with Gasteiger partial charge < -0.3 is 5.32 Å². The fourth-order valence-corrected chi connectivity index (χ4v) is 3.97. The molecule has 0 aliphatic rings. The van der Waals surface area contributed by atoms with Gasteiger partial charge in [0, 0.05) is 29.1 Å². The summed E-state index contributed by atoms with van der Waals surface area (Å²) in [5.74, 6) is 0. The number of aromatic nitrogens is 2. The highest BCUT2D eigenvalue weighted by molar-refractivity contribution is 7.99. The number of halogens is 1. The van der Waals surface area contributed by atoms with Crippen LogP contribution in [0, 0.1) is 0 Å². The molecule has 0 bridgehead atoms. The van der Waals surface area contributed by atoms with Gasteiger partial charge in [0.25, 0.3) is 0 Å². The second-order valence-corrected chi connectivity index (χ2v) is 7.30. The lowest BCUT2D eigenvalue weighted by molar-refractivity contribution is 0.574. The first kappa shape index (κ1) is 14.9. The topological polar surface area (TPSA) is 29.3 Å². The Balaban J connectivity index is 1.95. The Bertz CT molecular complexity index is 748. The van der Waals surface area contributed by atoms with Crippen molar-refractivity contribution in [3.63, 3.8) is 0 Å². The van der Waals surface area contributed by atoms with Crippen LogP contribution in [-0.2, 0) is 6.54 Å². The summed E-state index contributed by atoms with van der Waals surface area (Å²) in [5.41, 5.74) is 1.19. The third-order valence-corrected chi connectivity index (χ3v) is 5.34. The summed E-state index contributed by atoms with van der Waals surface area (Å²) in [6.45, 7) is 5.09. The fourth-order valence-electron chi connectivity index (χ4n) is 1.99. The highest BCUT2D eigenvalue weighted by Crippen LogP contribution is 2.35. The minimum absolute atomic E-state index is 0.437. The van der Waals surface area contributed by atoms with Crippen LogP contribution in [0.3, 0.4) is 0 Å². The molecule has 0 saturated heterocycles. The highest BCUT2D eigenvalue weighted by Gasteiger charge is 2.15. The second-order valence-electron chi connectivity index (χ2n) is 4.99. The Labute approximate surface area is 137 Å². The molecule has 0 saturated carbocycles. The SMILES string of the molecule is CC(C)NCc1c(Sc2ccccc2Cl)nc2sccn12. The largest absolute Gasteiger partial charge is 0.309 e. The van der Waals surface area contributed by atoms with Gasteiger partial charge in [0.1, 0.15) is 5.03 Å². The van der Waals surface area contributed by atoms with Gasteiger partial charge >= 0.3 is 0 Å². The standard InChI is InChI=1S/C15H16ClN3S2/c1-10(2)17-9-12-14(18-15-19(12)7-8-20-15)21-13-6-4-3-5-11(13)16/h3-8,10,17H,9H2,1-2H3. The average molecular weight is 338 g/mol. The molecule has 1 aromatic carbocycles. The molecule has 3 rings (SSSR count). The van der Waals surface area contributed by atoms with Gasteiger partial charge in [0.05, 0.1) is 10.7 Å². The van der Waals surface area contributed by atoms with E-state index in [9.17, 15) is 0 Å². The molecule has 2 aromatic heterocycles. The maximum Gasteiger partial charge on any atom is 0.194 e. The van der Waals surface area contributed by atoms with Gasteiger partial charge in [0.15, 0.2) is 4.96 Å². The predicted octanol–water partition coefficient (Wildman–Crippen LogP) is 4.70. The Kier molecular flexibility index (Phi) is 4.54. The lowest BCUT2D eigenvalue weighted by Crippen LogP contribution is -2.22. The van der Waals surface area contributed by atoms with Crippen LogP contribution in [0.4, 0.5) is 0 Å². The summed E-state index contributed by atoms with van der Waals surface area (Å²) in [6, 6.07) is 8.32. The highest BCUT2D eigenvalue weighted by atomic mass is 35.5. The zero-order valence-corrected chi connectivity index (χ0v) is 14.2. The predicted molar refractivity (Wildman–Crippen MR) is 90.6 cm³/mol. The Hall–Kier alpha value is -1.01. The molecule has 6 heteroatoms. The number of hydrogen-bond acceptors (Lipinski definition) is 4. The van der Waals surface area contributed by atoms with Crippen LogP contribution in [0.1, 0.15) is 19.5 Å².